The molecule has 2 saturated heterocycles. The van der Waals surface area contributed by atoms with E-state index in [9.17, 15) is 9.90 Å². The first-order chi connectivity index (χ1) is 9.15. The highest BCUT2D eigenvalue weighted by atomic mass is 16.5. The fraction of sp³-hybridized carbons (Fsp3) is 0.929. The van der Waals surface area contributed by atoms with Crippen LogP contribution in [0.4, 0.5) is 0 Å². The third-order valence-corrected chi connectivity index (χ3v) is 4.01. The lowest BCUT2D eigenvalue weighted by Crippen LogP contribution is -2.45. The molecule has 1 N–H and O–H groups in total. The minimum atomic E-state index is -0.225. The Hall–Kier alpha value is -0.650. The van der Waals surface area contributed by atoms with Crippen molar-refractivity contribution in [1.82, 2.24) is 9.80 Å². The first-order valence-corrected chi connectivity index (χ1v) is 7.41. The summed E-state index contributed by atoms with van der Waals surface area (Å²) in [5.74, 6) is 0.171. The van der Waals surface area contributed by atoms with Crippen LogP contribution < -0.4 is 0 Å². The number of likely N-dealkylation sites (N-methyl/N-ethyl adjacent to an activating group) is 1. The summed E-state index contributed by atoms with van der Waals surface area (Å²) in [6.45, 7) is 3.52. The molecule has 2 aliphatic heterocycles. The second-order valence-corrected chi connectivity index (χ2v) is 5.80. The summed E-state index contributed by atoms with van der Waals surface area (Å²) in [5, 5.41) is 9.44. The van der Waals surface area contributed by atoms with E-state index in [1.807, 2.05) is 11.9 Å². The Morgan fingerprint density at radius 1 is 1.32 bits per heavy atom. The number of ether oxygens (including phenoxy) is 1. The van der Waals surface area contributed by atoms with Crippen molar-refractivity contribution in [3.8, 4) is 0 Å². The standard InChI is InChI=1S/C14H26N2O3/c1-15(10-13-4-2-3-9-19-13)11-14(18)16-7-5-12(17)6-8-16/h12-13,17H,2-11H2,1H3. The molecule has 110 valence electrons. The predicted molar refractivity (Wildman–Crippen MR) is 72.9 cm³/mol. The van der Waals surface area contributed by atoms with Gasteiger partial charge in [0.05, 0.1) is 18.8 Å². The van der Waals surface area contributed by atoms with E-state index in [1.165, 1.54) is 6.42 Å². The number of hydrogen-bond donors (Lipinski definition) is 1. The van der Waals surface area contributed by atoms with Crippen LogP contribution in [0.1, 0.15) is 32.1 Å². The summed E-state index contributed by atoms with van der Waals surface area (Å²) >= 11 is 0. The molecule has 0 aliphatic carbocycles. The molecule has 1 amide bonds. The molecule has 0 saturated carbocycles. The van der Waals surface area contributed by atoms with E-state index in [1.54, 1.807) is 0 Å². The summed E-state index contributed by atoms with van der Waals surface area (Å²) < 4.78 is 5.69. The highest BCUT2D eigenvalue weighted by Crippen LogP contribution is 2.14. The molecule has 1 atom stereocenters. The molecule has 5 nitrogen and oxygen atoms in total. The van der Waals surface area contributed by atoms with Crippen molar-refractivity contribution in [2.45, 2.75) is 44.3 Å². The largest absolute Gasteiger partial charge is 0.393 e. The molecule has 2 heterocycles. The van der Waals surface area contributed by atoms with E-state index in [2.05, 4.69) is 4.90 Å². The zero-order valence-corrected chi connectivity index (χ0v) is 11.9. The van der Waals surface area contributed by atoms with Gasteiger partial charge in [0.15, 0.2) is 0 Å². The number of carbonyl (C=O) groups excluding carboxylic acids is 1. The Morgan fingerprint density at radius 3 is 2.68 bits per heavy atom. The zero-order valence-electron chi connectivity index (χ0n) is 11.9. The second-order valence-electron chi connectivity index (χ2n) is 5.80. The quantitative estimate of drug-likeness (QED) is 0.807. The first-order valence-electron chi connectivity index (χ1n) is 7.41. The zero-order chi connectivity index (χ0) is 13.7. The summed E-state index contributed by atoms with van der Waals surface area (Å²) in [7, 11) is 1.98. The molecule has 0 aromatic rings. The van der Waals surface area contributed by atoms with Crippen LogP contribution in [0.15, 0.2) is 0 Å². The van der Waals surface area contributed by atoms with Gasteiger partial charge in [0, 0.05) is 26.2 Å². The van der Waals surface area contributed by atoms with Gasteiger partial charge in [0.1, 0.15) is 0 Å². The molecule has 2 fully saturated rings. The van der Waals surface area contributed by atoms with Gasteiger partial charge < -0.3 is 14.7 Å². The predicted octanol–water partition coefficient (Wildman–Crippen LogP) is 0.471. The summed E-state index contributed by atoms with van der Waals surface area (Å²) in [6, 6.07) is 0. The Kier molecular flexibility index (Phi) is 5.60. The Morgan fingerprint density at radius 2 is 2.05 bits per heavy atom. The lowest BCUT2D eigenvalue weighted by molar-refractivity contribution is -0.134. The smallest absolute Gasteiger partial charge is 0.236 e. The SMILES string of the molecule is CN(CC(=O)N1CCC(O)CC1)CC1CCCCO1. The van der Waals surface area contributed by atoms with Crippen molar-refractivity contribution in [2.75, 3.05) is 39.8 Å². The number of hydrogen-bond acceptors (Lipinski definition) is 4. The molecule has 0 bridgehead atoms. The number of likely N-dealkylation sites (tertiary alicyclic amines) is 1. The topological polar surface area (TPSA) is 53.0 Å². The Labute approximate surface area is 115 Å². The summed E-state index contributed by atoms with van der Waals surface area (Å²) in [5.41, 5.74) is 0. The maximum absolute atomic E-state index is 12.1. The Balaban J connectivity index is 1.69. The van der Waals surface area contributed by atoms with Crippen molar-refractivity contribution in [3.05, 3.63) is 0 Å². The normalized spacial score (nSPS) is 25.8. The highest BCUT2D eigenvalue weighted by molar-refractivity contribution is 5.78. The van der Waals surface area contributed by atoms with Gasteiger partial charge in [-0.3, -0.25) is 9.69 Å². The number of piperidine rings is 1. The van der Waals surface area contributed by atoms with Crippen LogP contribution in [0.25, 0.3) is 0 Å². The minimum absolute atomic E-state index is 0.171. The highest BCUT2D eigenvalue weighted by Gasteiger charge is 2.23. The van der Waals surface area contributed by atoms with Gasteiger partial charge >= 0.3 is 0 Å². The number of nitrogens with zero attached hydrogens (tertiary/aromatic N) is 2. The number of carbonyl (C=O) groups is 1. The average Bonchev–Trinajstić information content (AvgIpc) is 2.40. The molecule has 2 aliphatic rings. The molecule has 2 rings (SSSR count). The molecule has 0 aromatic heterocycles. The van der Waals surface area contributed by atoms with Crippen LogP contribution in [0.5, 0.6) is 0 Å². The fourth-order valence-corrected chi connectivity index (χ4v) is 2.81. The molecular formula is C14H26N2O3. The third kappa shape index (κ3) is 4.75. The van der Waals surface area contributed by atoms with E-state index in [4.69, 9.17) is 4.74 Å². The van der Waals surface area contributed by atoms with Crippen LogP contribution in [-0.4, -0.2) is 72.9 Å². The number of aliphatic hydroxyl groups is 1. The van der Waals surface area contributed by atoms with Crippen LogP contribution in [-0.2, 0) is 9.53 Å². The molecule has 1 unspecified atom stereocenters. The van der Waals surface area contributed by atoms with Gasteiger partial charge in [-0.25, -0.2) is 0 Å². The van der Waals surface area contributed by atoms with Crippen LogP contribution in [0.2, 0.25) is 0 Å². The molecule has 0 spiro atoms. The van der Waals surface area contributed by atoms with Gasteiger partial charge in [-0.2, -0.15) is 0 Å². The lowest BCUT2D eigenvalue weighted by Gasteiger charge is -2.32. The van der Waals surface area contributed by atoms with E-state index in [0.717, 1.165) is 26.0 Å². The van der Waals surface area contributed by atoms with E-state index in [0.29, 0.717) is 32.5 Å². The average molecular weight is 270 g/mol. The van der Waals surface area contributed by atoms with Crippen LogP contribution in [0.3, 0.4) is 0 Å². The third-order valence-electron chi connectivity index (χ3n) is 4.01. The lowest BCUT2D eigenvalue weighted by atomic mass is 10.1. The van der Waals surface area contributed by atoms with Gasteiger partial charge in [0.2, 0.25) is 5.91 Å². The van der Waals surface area contributed by atoms with E-state index < -0.39 is 0 Å². The Bertz CT molecular complexity index is 284. The number of rotatable bonds is 4. The maximum atomic E-state index is 12.1. The monoisotopic (exact) mass is 270 g/mol. The molecule has 0 radical (unpaired) electrons. The van der Waals surface area contributed by atoms with Crippen LogP contribution in [0, 0.1) is 0 Å². The summed E-state index contributed by atoms with van der Waals surface area (Å²) in [4.78, 5) is 16.0. The second kappa shape index (κ2) is 7.22. The molecule has 19 heavy (non-hydrogen) atoms. The number of aliphatic hydroxyl groups excluding tert-OH is 1. The van der Waals surface area contributed by atoms with Gasteiger partial charge in [-0.1, -0.05) is 0 Å². The molecule has 0 aromatic carbocycles. The van der Waals surface area contributed by atoms with E-state index >= 15 is 0 Å². The van der Waals surface area contributed by atoms with Crippen molar-refractivity contribution in [3.63, 3.8) is 0 Å². The molecule has 5 heteroatoms. The maximum Gasteiger partial charge on any atom is 0.236 e. The van der Waals surface area contributed by atoms with Crippen molar-refractivity contribution in [2.24, 2.45) is 0 Å². The van der Waals surface area contributed by atoms with Crippen LogP contribution >= 0.6 is 0 Å². The van der Waals surface area contributed by atoms with E-state index in [-0.39, 0.29) is 18.1 Å². The molecular weight excluding hydrogens is 244 g/mol. The van der Waals surface area contributed by atoms with Crippen molar-refractivity contribution < 1.29 is 14.6 Å². The summed E-state index contributed by atoms with van der Waals surface area (Å²) in [6.07, 6.45) is 4.98. The van der Waals surface area contributed by atoms with Gasteiger partial charge in [-0.05, 0) is 39.2 Å². The van der Waals surface area contributed by atoms with Gasteiger partial charge in [0.25, 0.3) is 0 Å². The van der Waals surface area contributed by atoms with Gasteiger partial charge in [-0.15, -0.1) is 0 Å². The minimum Gasteiger partial charge on any atom is -0.393 e. The fourth-order valence-electron chi connectivity index (χ4n) is 2.81. The van der Waals surface area contributed by atoms with Crippen molar-refractivity contribution in [1.29, 1.82) is 0 Å². The first kappa shape index (κ1) is 14.8. The number of amides is 1. The van der Waals surface area contributed by atoms with Crippen molar-refractivity contribution >= 4 is 5.91 Å².